The van der Waals surface area contributed by atoms with E-state index in [0.717, 1.165) is 11.3 Å². The highest BCUT2D eigenvalue weighted by atomic mass is 32.1. The number of amides is 2. The van der Waals surface area contributed by atoms with Gasteiger partial charge in [-0.25, -0.2) is 0 Å². The Morgan fingerprint density at radius 1 is 1.33 bits per heavy atom. The van der Waals surface area contributed by atoms with Gasteiger partial charge in [0.15, 0.2) is 0 Å². The standard InChI is InChI=1S/C17H18N2O3S2/c20-16(18-8-12-2-1-6-24-12)13-9-19(14-3-5-22-15(13)14)17(21)11-4-7-23-10-11/h1-2,4,6-7,10,13-15H,3,5,8-9H2,(H,18,20)/t13-,14-,15+/m1/s1. The molecule has 24 heavy (non-hydrogen) atoms. The van der Waals surface area contributed by atoms with Crippen molar-refractivity contribution in [3.63, 3.8) is 0 Å². The quantitative estimate of drug-likeness (QED) is 0.908. The summed E-state index contributed by atoms with van der Waals surface area (Å²) in [7, 11) is 0. The smallest absolute Gasteiger partial charge is 0.255 e. The maximum Gasteiger partial charge on any atom is 0.255 e. The Balaban J connectivity index is 1.46. The van der Waals surface area contributed by atoms with Crippen LogP contribution in [0.15, 0.2) is 34.3 Å². The van der Waals surface area contributed by atoms with Gasteiger partial charge in [0.2, 0.25) is 5.91 Å². The van der Waals surface area contributed by atoms with E-state index >= 15 is 0 Å². The van der Waals surface area contributed by atoms with Crippen molar-refractivity contribution in [3.05, 3.63) is 44.8 Å². The molecular formula is C17H18N2O3S2. The van der Waals surface area contributed by atoms with E-state index in [1.807, 2.05) is 39.2 Å². The molecule has 0 bridgehead atoms. The predicted molar refractivity (Wildman–Crippen MR) is 93.2 cm³/mol. The van der Waals surface area contributed by atoms with Gasteiger partial charge in [0.1, 0.15) is 0 Å². The van der Waals surface area contributed by atoms with E-state index in [-0.39, 0.29) is 29.9 Å². The minimum absolute atomic E-state index is 0.00491. The summed E-state index contributed by atoms with van der Waals surface area (Å²) in [6.45, 7) is 1.57. The second-order valence-corrected chi connectivity index (χ2v) is 7.88. The summed E-state index contributed by atoms with van der Waals surface area (Å²) in [5.41, 5.74) is 0.699. The van der Waals surface area contributed by atoms with Crippen LogP contribution in [0.5, 0.6) is 0 Å². The zero-order chi connectivity index (χ0) is 16.5. The fourth-order valence-corrected chi connectivity index (χ4v) is 4.78. The number of hydrogen-bond donors (Lipinski definition) is 1. The summed E-state index contributed by atoms with van der Waals surface area (Å²) >= 11 is 3.13. The van der Waals surface area contributed by atoms with E-state index in [0.29, 0.717) is 25.3 Å². The van der Waals surface area contributed by atoms with E-state index < -0.39 is 0 Å². The number of hydrogen-bond acceptors (Lipinski definition) is 5. The van der Waals surface area contributed by atoms with Crippen LogP contribution in [0.2, 0.25) is 0 Å². The molecule has 7 heteroatoms. The van der Waals surface area contributed by atoms with Crippen molar-refractivity contribution >= 4 is 34.5 Å². The Kier molecular flexibility index (Phi) is 4.39. The first-order valence-electron chi connectivity index (χ1n) is 7.99. The van der Waals surface area contributed by atoms with Crippen molar-refractivity contribution in [2.75, 3.05) is 13.2 Å². The first-order chi connectivity index (χ1) is 11.7. The lowest BCUT2D eigenvalue weighted by molar-refractivity contribution is -0.127. The van der Waals surface area contributed by atoms with Crippen LogP contribution in [-0.2, 0) is 16.1 Å². The maximum atomic E-state index is 12.7. The molecule has 4 heterocycles. The molecule has 0 unspecified atom stereocenters. The van der Waals surface area contributed by atoms with Crippen LogP contribution in [0.4, 0.5) is 0 Å². The first-order valence-corrected chi connectivity index (χ1v) is 9.81. The molecule has 2 aromatic rings. The molecule has 2 saturated heterocycles. The molecule has 4 rings (SSSR count). The van der Waals surface area contributed by atoms with E-state index in [1.165, 1.54) is 11.3 Å². The van der Waals surface area contributed by atoms with Gasteiger partial charge in [-0.3, -0.25) is 9.59 Å². The van der Waals surface area contributed by atoms with Crippen LogP contribution in [0.1, 0.15) is 21.7 Å². The highest BCUT2D eigenvalue weighted by Gasteiger charge is 2.50. The average Bonchev–Trinajstić information content (AvgIpc) is 3.37. The number of ether oxygens (including phenoxy) is 1. The van der Waals surface area contributed by atoms with Crippen molar-refractivity contribution in [1.82, 2.24) is 10.2 Å². The predicted octanol–water partition coefficient (Wildman–Crippen LogP) is 2.36. The summed E-state index contributed by atoms with van der Waals surface area (Å²) in [5, 5.41) is 8.74. The summed E-state index contributed by atoms with van der Waals surface area (Å²) < 4.78 is 5.80. The minimum atomic E-state index is -0.292. The van der Waals surface area contributed by atoms with E-state index in [1.54, 1.807) is 11.3 Å². The largest absolute Gasteiger partial charge is 0.375 e. The highest BCUT2D eigenvalue weighted by molar-refractivity contribution is 7.09. The van der Waals surface area contributed by atoms with Gasteiger partial charge in [0.25, 0.3) is 5.91 Å². The lowest BCUT2D eigenvalue weighted by Gasteiger charge is -2.21. The minimum Gasteiger partial charge on any atom is -0.375 e. The number of carbonyl (C=O) groups excluding carboxylic acids is 2. The van der Waals surface area contributed by atoms with Gasteiger partial charge < -0.3 is 15.0 Å². The average molecular weight is 362 g/mol. The van der Waals surface area contributed by atoms with Gasteiger partial charge >= 0.3 is 0 Å². The molecule has 2 fully saturated rings. The molecule has 0 saturated carbocycles. The Hall–Kier alpha value is -1.70. The van der Waals surface area contributed by atoms with Crippen molar-refractivity contribution < 1.29 is 14.3 Å². The summed E-state index contributed by atoms with van der Waals surface area (Å²) in [6.07, 6.45) is 0.617. The van der Waals surface area contributed by atoms with Crippen LogP contribution in [-0.4, -0.2) is 42.0 Å². The zero-order valence-corrected chi connectivity index (χ0v) is 14.6. The molecule has 2 amide bonds. The second kappa shape index (κ2) is 6.66. The Morgan fingerprint density at radius 3 is 3.00 bits per heavy atom. The summed E-state index contributed by atoms with van der Waals surface area (Å²) in [6, 6.07) is 5.82. The molecule has 2 aliphatic rings. The van der Waals surface area contributed by atoms with E-state index in [2.05, 4.69) is 5.32 Å². The third-order valence-corrected chi connectivity index (χ3v) is 6.24. The molecule has 0 aliphatic carbocycles. The van der Waals surface area contributed by atoms with E-state index in [4.69, 9.17) is 4.74 Å². The van der Waals surface area contributed by atoms with Crippen LogP contribution in [0.25, 0.3) is 0 Å². The monoisotopic (exact) mass is 362 g/mol. The molecule has 3 atom stereocenters. The lowest BCUT2D eigenvalue weighted by atomic mass is 10.0. The molecule has 2 aromatic heterocycles. The van der Waals surface area contributed by atoms with Crippen molar-refractivity contribution in [2.45, 2.75) is 25.1 Å². The third-order valence-electron chi connectivity index (χ3n) is 4.68. The number of carbonyl (C=O) groups is 2. The second-order valence-electron chi connectivity index (χ2n) is 6.06. The maximum absolute atomic E-state index is 12.7. The van der Waals surface area contributed by atoms with Gasteiger partial charge in [0.05, 0.1) is 30.2 Å². The number of nitrogens with one attached hydrogen (secondary N) is 1. The van der Waals surface area contributed by atoms with Gasteiger partial charge in [-0.1, -0.05) is 6.07 Å². The molecule has 126 valence electrons. The van der Waals surface area contributed by atoms with Crippen LogP contribution in [0.3, 0.4) is 0 Å². The van der Waals surface area contributed by atoms with Crippen molar-refractivity contribution in [3.8, 4) is 0 Å². The van der Waals surface area contributed by atoms with Crippen LogP contribution < -0.4 is 5.32 Å². The third kappa shape index (κ3) is 2.87. The molecule has 0 radical (unpaired) electrons. The molecule has 5 nitrogen and oxygen atoms in total. The fourth-order valence-electron chi connectivity index (χ4n) is 3.51. The topological polar surface area (TPSA) is 58.6 Å². The first kappa shape index (κ1) is 15.8. The van der Waals surface area contributed by atoms with E-state index in [9.17, 15) is 9.59 Å². The number of likely N-dealkylation sites (tertiary alicyclic amines) is 1. The normalized spacial score (nSPS) is 25.7. The van der Waals surface area contributed by atoms with Gasteiger partial charge in [0, 0.05) is 23.4 Å². The molecule has 2 aliphatic heterocycles. The molecular weight excluding hydrogens is 344 g/mol. The van der Waals surface area contributed by atoms with Crippen molar-refractivity contribution in [2.24, 2.45) is 5.92 Å². The van der Waals surface area contributed by atoms with Crippen molar-refractivity contribution in [1.29, 1.82) is 0 Å². The number of rotatable bonds is 4. The van der Waals surface area contributed by atoms with Crippen LogP contribution >= 0.6 is 22.7 Å². The van der Waals surface area contributed by atoms with Gasteiger partial charge in [-0.05, 0) is 29.3 Å². The van der Waals surface area contributed by atoms with Gasteiger partial charge in [-0.15, -0.1) is 11.3 Å². The Labute approximate surface area is 148 Å². The summed E-state index contributed by atoms with van der Waals surface area (Å²) in [5.74, 6) is -0.314. The number of nitrogens with zero attached hydrogens (tertiary/aromatic N) is 1. The number of fused-ring (bicyclic) bond motifs is 1. The lowest BCUT2D eigenvalue weighted by Crippen LogP contribution is -2.37. The molecule has 0 spiro atoms. The molecule has 0 aromatic carbocycles. The fraction of sp³-hybridized carbons (Fsp3) is 0.412. The molecule has 1 N–H and O–H groups in total. The Morgan fingerprint density at radius 2 is 2.25 bits per heavy atom. The SMILES string of the molecule is O=C(NCc1cccs1)[C@@H]1CN(C(=O)c2ccsc2)[C@@H]2CCO[C@H]21. The highest BCUT2D eigenvalue weighted by Crippen LogP contribution is 2.34. The Bertz CT molecular complexity index is 714. The number of thiophene rings is 2. The van der Waals surface area contributed by atoms with Gasteiger partial charge in [-0.2, -0.15) is 11.3 Å². The van der Waals surface area contributed by atoms with Crippen LogP contribution in [0, 0.1) is 5.92 Å². The summed E-state index contributed by atoms with van der Waals surface area (Å²) in [4.78, 5) is 28.3. The zero-order valence-electron chi connectivity index (χ0n) is 13.0.